The molecule has 2 saturated heterocycles. The van der Waals surface area contributed by atoms with E-state index >= 15 is 0 Å². The molecular weight excluding hydrogens is 604 g/mol. The van der Waals surface area contributed by atoms with Gasteiger partial charge in [-0.2, -0.15) is 0 Å². The number of methoxy groups -OCH3 is 1. The van der Waals surface area contributed by atoms with E-state index in [0.717, 1.165) is 60.1 Å². The van der Waals surface area contributed by atoms with Crippen LogP contribution in [0.2, 0.25) is 0 Å². The number of aliphatic hydroxyl groups is 1. The van der Waals surface area contributed by atoms with Crippen LogP contribution in [0.25, 0.3) is 22.2 Å². The number of rotatable bonds is 10. The lowest BCUT2D eigenvalue weighted by atomic mass is 10.00. The highest BCUT2D eigenvalue weighted by Gasteiger charge is 2.51. The van der Waals surface area contributed by atoms with Crippen molar-refractivity contribution in [2.24, 2.45) is 0 Å². The van der Waals surface area contributed by atoms with Crippen LogP contribution in [0.4, 0.5) is 0 Å². The molecule has 3 heterocycles. The minimum absolute atomic E-state index is 0.0536. The quantitative estimate of drug-likeness (QED) is 0.198. The van der Waals surface area contributed by atoms with Crippen LogP contribution in [0.3, 0.4) is 0 Å². The van der Waals surface area contributed by atoms with Gasteiger partial charge in [0.25, 0.3) is 0 Å². The number of carbonyl (C=O) groups excluding carboxylic acids is 2. The number of hydrogen-bond acceptors (Lipinski definition) is 7. The predicted molar refractivity (Wildman–Crippen MR) is 185 cm³/mol. The maximum Gasteiger partial charge on any atom is 0.245 e. The number of aromatic nitrogens is 1. The smallest absolute Gasteiger partial charge is 0.245 e. The number of aliphatic hydroxyl groups excluding tert-OH is 1. The maximum absolute atomic E-state index is 14.8. The number of nitrogens with one attached hydrogen (secondary N) is 1. The highest BCUT2D eigenvalue weighted by Crippen LogP contribution is 2.41. The third-order valence-electron chi connectivity index (χ3n) is 9.96. The van der Waals surface area contributed by atoms with Gasteiger partial charge in [0, 0.05) is 29.5 Å². The van der Waals surface area contributed by atoms with Crippen molar-refractivity contribution < 1.29 is 24.2 Å². The summed E-state index contributed by atoms with van der Waals surface area (Å²) in [6.07, 6.45) is 4.25. The molecular formula is C39H42N4O5. The Hall–Kier alpha value is -4.89. The summed E-state index contributed by atoms with van der Waals surface area (Å²) in [5, 5.41) is 14.1. The van der Waals surface area contributed by atoms with E-state index in [9.17, 15) is 14.7 Å². The van der Waals surface area contributed by atoms with E-state index in [4.69, 9.17) is 14.5 Å². The largest absolute Gasteiger partial charge is 0.510 e. The Morgan fingerprint density at radius 1 is 0.979 bits per heavy atom. The lowest BCUT2D eigenvalue weighted by Crippen LogP contribution is -2.53. The standard InChI is InChI=1S/C39H42N4O5/c1-26(44)39(18-19-39)41-37(45)34-23-30(25-43(34)38(46)36(28-14-8-4-9-15-28)42-20-10-5-11-21-42)48-35-24-32(27-12-6-3-7-13-27)40-33-22-29(47-2)16-17-31(33)35/h3-4,6-9,12-17,22,24,30,34,36,44H,1,5,10-11,18-21,23,25H2,2H3,(H,41,45)/t30-,34+,36+/m1/s1. The van der Waals surface area contributed by atoms with E-state index in [0.29, 0.717) is 30.8 Å². The van der Waals surface area contributed by atoms with Crippen LogP contribution < -0.4 is 14.8 Å². The molecule has 7 rings (SSSR count). The molecule has 9 heteroatoms. The summed E-state index contributed by atoms with van der Waals surface area (Å²) in [5.74, 6) is 0.836. The van der Waals surface area contributed by atoms with E-state index in [2.05, 4.69) is 16.8 Å². The van der Waals surface area contributed by atoms with E-state index in [1.54, 1.807) is 12.0 Å². The second kappa shape index (κ2) is 13.3. The summed E-state index contributed by atoms with van der Waals surface area (Å²) in [4.78, 5) is 37.6. The number of fused-ring (bicyclic) bond motifs is 1. The highest BCUT2D eigenvalue weighted by atomic mass is 16.5. The Bertz CT molecular complexity index is 1800. The summed E-state index contributed by atoms with van der Waals surface area (Å²) in [6, 6.07) is 26.1. The van der Waals surface area contributed by atoms with Crippen molar-refractivity contribution in [1.82, 2.24) is 20.1 Å². The zero-order valence-corrected chi connectivity index (χ0v) is 27.3. The minimum Gasteiger partial charge on any atom is -0.510 e. The fourth-order valence-corrected chi connectivity index (χ4v) is 7.12. The first-order valence-electron chi connectivity index (χ1n) is 16.9. The molecule has 48 heavy (non-hydrogen) atoms. The molecule has 1 saturated carbocycles. The molecule has 2 N–H and O–H groups in total. The molecule has 0 unspecified atom stereocenters. The van der Waals surface area contributed by atoms with Crippen molar-refractivity contribution in [2.75, 3.05) is 26.7 Å². The highest BCUT2D eigenvalue weighted by molar-refractivity contribution is 5.92. The molecule has 9 nitrogen and oxygen atoms in total. The average Bonchev–Trinajstić information content (AvgIpc) is 3.79. The molecule has 0 spiro atoms. The number of carbonyl (C=O) groups is 2. The molecule has 1 aliphatic carbocycles. The molecule has 4 aromatic rings. The number of pyridine rings is 1. The number of hydrogen-bond donors (Lipinski definition) is 2. The van der Waals surface area contributed by atoms with Crippen molar-refractivity contribution in [3.8, 4) is 22.8 Å². The van der Waals surface area contributed by atoms with Crippen LogP contribution in [-0.4, -0.2) is 76.1 Å². The van der Waals surface area contributed by atoms with E-state index < -0.39 is 23.7 Å². The van der Waals surface area contributed by atoms with Crippen LogP contribution in [0.1, 0.15) is 50.1 Å². The average molecular weight is 647 g/mol. The zero-order valence-electron chi connectivity index (χ0n) is 27.3. The molecule has 3 fully saturated rings. The van der Waals surface area contributed by atoms with Crippen LogP contribution in [0.15, 0.2) is 97.3 Å². The van der Waals surface area contributed by atoms with Gasteiger partial charge in [0.1, 0.15) is 35.4 Å². The van der Waals surface area contributed by atoms with Gasteiger partial charge in [-0.15, -0.1) is 0 Å². The van der Waals surface area contributed by atoms with Gasteiger partial charge in [0.05, 0.1) is 30.4 Å². The van der Waals surface area contributed by atoms with Gasteiger partial charge in [-0.25, -0.2) is 4.98 Å². The number of piperidine rings is 1. The molecule has 2 amide bonds. The Morgan fingerprint density at radius 2 is 1.69 bits per heavy atom. The van der Waals surface area contributed by atoms with Crippen molar-refractivity contribution in [3.63, 3.8) is 0 Å². The summed E-state index contributed by atoms with van der Waals surface area (Å²) in [5.41, 5.74) is 2.49. The molecule has 3 atom stereocenters. The molecule has 0 radical (unpaired) electrons. The Kier molecular flexibility index (Phi) is 8.79. The monoisotopic (exact) mass is 646 g/mol. The lowest BCUT2D eigenvalue weighted by molar-refractivity contribution is -0.143. The third kappa shape index (κ3) is 6.34. The summed E-state index contributed by atoms with van der Waals surface area (Å²) >= 11 is 0. The first kappa shape index (κ1) is 31.7. The molecule has 248 valence electrons. The fraction of sp³-hybridized carbons (Fsp3) is 0.359. The van der Waals surface area contributed by atoms with Crippen molar-refractivity contribution in [2.45, 2.75) is 62.3 Å². The first-order valence-corrected chi connectivity index (χ1v) is 16.9. The van der Waals surface area contributed by atoms with Gasteiger partial charge in [-0.05, 0) is 56.5 Å². The second-order valence-electron chi connectivity index (χ2n) is 13.2. The van der Waals surface area contributed by atoms with Crippen molar-refractivity contribution in [1.29, 1.82) is 0 Å². The Labute approximate surface area is 281 Å². The molecule has 3 aliphatic rings. The first-order chi connectivity index (χ1) is 23.3. The van der Waals surface area contributed by atoms with E-state index in [-0.39, 0.29) is 24.1 Å². The van der Waals surface area contributed by atoms with Crippen LogP contribution >= 0.6 is 0 Å². The SMILES string of the molecule is C=C(O)C1(NC(=O)[C@@H]2C[C@@H](Oc3cc(-c4ccccc4)nc4cc(OC)ccc34)CN2C(=O)[C@H](c2ccccc2)N2CCCCC2)CC1. The van der Waals surface area contributed by atoms with Crippen LogP contribution in [0, 0.1) is 0 Å². The molecule has 2 aliphatic heterocycles. The number of benzene rings is 3. The second-order valence-corrected chi connectivity index (χ2v) is 13.2. The number of nitrogens with zero attached hydrogens (tertiary/aromatic N) is 3. The predicted octanol–water partition coefficient (Wildman–Crippen LogP) is 6.21. The van der Waals surface area contributed by atoms with Crippen molar-refractivity contribution in [3.05, 3.63) is 103 Å². The van der Waals surface area contributed by atoms with Gasteiger partial charge >= 0.3 is 0 Å². The van der Waals surface area contributed by atoms with Gasteiger partial charge in [0.2, 0.25) is 11.8 Å². The summed E-state index contributed by atoms with van der Waals surface area (Å²) in [6.45, 7) is 5.58. The van der Waals surface area contributed by atoms with Gasteiger partial charge in [0.15, 0.2) is 0 Å². The fourth-order valence-electron chi connectivity index (χ4n) is 7.12. The Balaban J connectivity index is 1.24. The maximum atomic E-state index is 14.8. The Morgan fingerprint density at radius 3 is 2.35 bits per heavy atom. The number of likely N-dealkylation sites (tertiary alicyclic amines) is 2. The van der Waals surface area contributed by atoms with E-state index in [1.165, 1.54) is 0 Å². The van der Waals surface area contributed by atoms with Gasteiger partial charge in [-0.1, -0.05) is 73.7 Å². The summed E-state index contributed by atoms with van der Waals surface area (Å²) < 4.78 is 12.3. The minimum atomic E-state index is -0.832. The molecule has 3 aromatic carbocycles. The van der Waals surface area contributed by atoms with Gasteiger partial charge < -0.3 is 24.8 Å². The summed E-state index contributed by atoms with van der Waals surface area (Å²) in [7, 11) is 1.62. The van der Waals surface area contributed by atoms with Gasteiger partial charge in [-0.3, -0.25) is 14.5 Å². The van der Waals surface area contributed by atoms with E-state index in [1.807, 2.05) is 84.9 Å². The third-order valence-corrected chi connectivity index (χ3v) is 9.96. The number of amides is 2. The van der Waals surface area contributed by atoms with Crippen molar-refractivity contribution >= 4 is 22.7 Å². The molecule has 1 aromatic heterocycles. The lowest BCUT2D eigenvalue weighted by Gasteiger charge is -2.37. The zero-order chi connectivity index (χ0) is 33.3. The normalized spacial score (nSPS) is 21.0. The molecule has 0 bridgehead atoms. The van der Waals surface area contributed by atoms with Crippen LogP contribution in [0.5, 0.6) is 11.5 Å². The number of ether oxygens (including phenoxy) is 2. The van der Waals surface area contributed by atoms with Crippen LogP contribution in [-0.2, 0) is 9.59 Å². The topological polar surface area (TPSA) is 104 Å².